The van der Waals surface area contributed by atoms with Crippen molar-refractivity contribution in [1.29, 1.82) is 0 Å². The van der Waals surface area contributed by atoms with Gasteiger partial charge in [0.25, 0.3) is 0 Å². The maximum atomic E-state index is 13.5. The van der Waals surface area contributed by atoms with Crippen molar-refractivity contribution in [2.75, 3.05) is 7.11 Å². The number of hydrogen-bond acceptors (Lipinski definition) is 2. The van der Waals surface area contributed by atoms with E-state index in [4.69, 9.17) is 4.74 Å². The molecule has 0 saturated heterocycles. The molecule has 0 radical (unpaired) electrons. The highest BCUT2D eigenvalue weighted by molar-refractivity contribution is 5.35. The van der Waals surface area contributed by atoms with Crippen LogP contribution in [0.4, 0.5) is 4.39 Å². The van der Waals surface area contributed by atoms with Crippen molar-refractivity contribution in [3.63, 3.8) is 0 Å². The largest absolute Gasteiger partial charge is 0.497 e. The van der Waals surface area contributed by atoms with E-state index in [0.29, 0.717) is 11.3 Å². The van der Waals surface area contributed by atoms with Crippen LogP contribution in [0.5, 0.6) is 5.75 Å². The predicted octanol–water partition coefficient (Wildman–Crippen LogP) is 2.92. The SMILES string of the molecule is COc1cccc(C(O)c2ccccc2F)c1. The summed E-state index contributed by atoms with van der Waals surface area (Å²) in [6, 6.07) is 13.2. The van der Waals surface area contributed by atoms with E-state index in [9.17, 15) is 9.50 Å². The van der Waals surface area contributed by atoms with Crippen LogP contribution in [0.15, 0.2) is 48.5 Å². The van der Waals surface area contributed by atoms with Crippen molar-refractivity contribution in [3.05, 3.63) is 65.5 Å². The second-order valence-electron chi connectivity index (χ2n) is 3.70. The van der Waals surface area contributed by atoms with Crippen molar-refractivity contribution >= 4 is 0 Å². The standard InChI is InChI=1S/C14H13FO2/c1-17-11-6-4-5-10(9-11)14(16)12-7-2-3-8-13(12)15/h2-9,14,16H,1H3. The monoisotopic (exact) mass is 232 g/mol. The maximum Gasteiger partial charge on any atom is 0.129 e. The number of aliphatic hydroxyl groups excluding tert-OH is 1. The second kappa shape index (κ2) is 4.97. The predicted molar refractivity (Wildman–Crippen MR) is 63.5 cm³/mol. The van der Waals surface area contributed by atoms with E-state index >= 15 is 0 Å². The van der Waals surface area contributed by atoms with Crippen LogP contribution in [0.2, 0.25) is 0 Å². The molecule has 1 N–H and O–H groups in total. The molecule has 88 valence electrons. The van der Waals surface area contributed by atoms with Gasteiger partial charge < -0.3 is 9.84 Å². The van der Waals surface area contributed by atoms with E-state index in [1.807, 2.05) is 0 Å². The summed E-state index contributed by atoms with van der Waals surface area (Å²) in [5, 5.41) is 10.1. The van der Waals surface area contributed by atoms with Gasteiger partial charge in [-0.25, -0.2) is 4.39 Å². The molecule has 0 bridgehead atoms. The van der Waals surface area contributed by atoms with Gasteiger partial charge in [-0.2, -0.15) is 0 Å². The van der Waals surface area contributed by atoms with Gasteiger partial charge in [-0.05, 0) is 23.8 Å². The maximum absolute atomic E-state index is 13.5. The second-order valence-corrected chi connectivity index (χ2v) is 3.70. The van der Waals surface area contributed by atoms with Crippen LogP contribution in [0.25, 0.3) is 0 Å². The van der Waals surface area contributed by atoms with Crippen LogP contribution in [0.1, 0.15) is 17.2 Å². The van der Waals surface area contributed by atoms with E-state index in [1.54, 1.807) is 49.6 Å². The summed E-state index contributed by atoms with van der Waals surface area (Å²) in [5.41, 5.74) is 0.871. The Hall–Kier alpha value is -1.87. The van der Waals surface area contributed by atoms with Gasteiger partial charge in [-0.15, -0.1) is 0 Å². The first-order valence-corrected chi connectivity index (χ1v) is 5.29. The molecule has 0 spiro atoms. The molecular formula is C14H13FO2. The Morgan fingerprint density at radius 1 is 1.12 bits per heavy atom. The molecule has 17 heavy (non-hydrogen) atoms. The third-order valence-electron chi connectivity index (χ3n) is 2.61. The fraction of sp³-hybridized carbons (Fsp3) is 0.143. The fourth-order valence-corrected chi connectivity index (χ4v) is 1.69. The number of methoxy groups -OCH3 is 1. The zero-order valence-corrected chi connectivity index (χ0v) is 9.43. The highest BCUT2D eigenvalue weighted by atomic mass is 19.1. The van der Waals surface area contributed by atoms with Crippen molar-refractivity contribution in [2.24, 2.45) is 0 Å². The first-order valence-electron chi connectivity index (χ1n) is 5.29. The van der Waals surface area contributed by atoms with Crippen LogP contribution < -0.4 is 4.74 Å². The van der Waals surface area contributed by atoms with Crippen molar-refractivity contribution in [1.82, 2.24) is 0 Å². The topological polar surface area (TPSA) is 29.5 Å². The highest BCUT2D eigenvalue weighted by Gasteiger charge is 2.14. The zero-order valence-electron chi connectivity index (χ0n) is 9.43. The average molecular weight is 232 g/mol. The minimum Gasteiger partial charge on any atom is -0.497 e. The Bertz CT molecular complexity index is 511. The summed E-state index contributed by atoms with van der Waals surface area (Å²) in [4.78, 5) is 0. The molecule has 0 aliphatic carbocycles. The van der Waals surface area contributed by atoms with Crippen LogP contribution in [0, 0.1) is 5.82 Å². The molecule has 0 amide bonds. The number of hydrogen-bond donors (Lipinski definition) is 1. The number of halogens is 1. The Kier molecular flexibility index (Phi) is 3.40. The molecule has 1 atom stereocenters. The van der Waals surface area contributed by atoms with Crippen LogP contribution in [0.3, 0.4) is 0 Å². The lowest BCUT2D eigenvalue weighted by Gasteiger charge is -2.13. The normalized spacial score (nSPS) is 12.2. The molecular weight excluding hydrogens is 219 g/mol. The number of ether oxygens (including phenoxy) is 1. The summed E-state index contributed by atoms with van der Waals surface area (Å²) in [7, 11) is 1.55. The van der Waals surface area contributed by atoms with Crippen LogP contribution in [-0.2, 0) is 0 Å². The smallest absolute Gasteiger partial charge is 0.129 e. The molecule has 0 aliphatic heterocycles. The fourth-order valence-electron chi connectivity index (χ4n) is 1.69. The number of benzene rings is 2. The van der Waals surface area contributed by atoms with Crippen LogP contribution in [-0.4, -0.2) is 12.2 Å². The molecule has 3 heteroatoms. The lowest BCUT2D eigenvalue weighted by molar-refractivity contribution is 0.214. The van der Waals surface area contributed by atoms with Crippen molar-refractivity contribution in [3.8, 4) is 5.75 Å². The number of aliphatic hydroxyl groups is 1. The van der Waals surface area contributed by atoms with E-state index in [-0.39, 0.29) is 5.56 Å². The molecule has 2 aromatic rings. The quantitative estimate of drug-likeness (QED) is 0.881. The van der Waals surface area contributed by atoms with Gasteiger partial charge in [0, 0.05) is 5.56 Å². The first-order chi connectivity index (χ1) is 8.22. The van der Waals surface area contributed by atoms with Gasteiger partial charge in [0.15, 0.2) is 0 Å². The van der Waals surface area contributed by atoms with Crippen molar-refractivity contribution < 1.29 is 14.2 Å². The molecule has 0 saturated carbocycles. The lowest BCUT2D eigenvalue weighted by atomic mass is 10.0. The highest BCUT2D eigenvalue weighted by Crippen LogP contribution is 2.26. The van der Waals surface area contributed by atoms with E-state index < -0.39 is 11.9 Å². The molecule has 1 unspecified atom stereocenters. The molecule has 0 aliphatic rings. The summed E-state index contributed by atoms with van der Waals surface area (Å²) in [5.74, 6) is 0.223. The van der Waals surface area contributed by atoms with Gasteiger partial charge in [0.05, 0.1) is 7.11 Å². The van der Waals surface area contributed by atoms with Gasteiger partial charge in [0.1, 0.15) is 17.7 Å². The molecule has 2 rings (SSSR count). The Morgan fingerprint density at radius 2 is 1.88 bits per heavy atom. The Balaban J connectivity index is 2.37. The third kappa shape index (κ3) is 2.45. The summed E-state index contributed by atoms with van der Waals surface area (Å²) in [6.07, 6.45) is -0.980. The van der Waals surface area contributed by atoms with Crippen molar-refractivity contribution in [2.45, 2.75) is 6.10 Å². The Morgan fingerprint density at radius 3 is 2.59 bits per heavy atom. The van der Waals surface area contributed by atoms with E-state index in [0.717, 1.165) is 0 Å². The van der Waals surface area contributed by atoms with E-state index in [2.05, 4.69) is 0 Å². The third-order valence-corrected chi connectivity index (χ3v) is 2.61. The molecule has 2 aromatic carbocycles. The lowest BCUT2D eigenvalue weighted by Crippen LogP contribution is -2.02. The minimum atomic E-state index is -0.980. The van der Waals surface area contributed by atoms with E-state index in [1.165, 1.54) is 6.07 Å². The Labute approximate surface area is 99.3 Å². The van der Waals surface area contributed by atoms with Gasteiger partial charge in [-0.3, -0.25) is 0 Å². The van der Waals surface area contributed by atoms with Crippen LogP contribution >= 0.6 is 0 Å². The zero-order chi connectivity index (χ0) is 12.3. The van der Waals surface area contributed by atoms with Gasteiger partial charge in [-0.1, -0.05) is 30.3 Å². The van der Waals surface area contributed by atoms with Gasteiger partial charge in [0.2, 0.25) is 0 Å². The van der Waals surface area contributed by atoms with Gasteiger partial charge >= 0.3 is 0 Å². The number of rotatable bonds is 3. The average Bonchev–Trinajstić information content (AvgIpc) is 2.38. The molecule has 0 aromatic heterocycles. The summed E-state index contributed by atoms with van der Waals surface area (Å²) < 4.78 is 18.6. The summed E-state index contributed by atoms with van der Waals surface area (Å²) in [6.45, 7) is 0. The summed E-state index contributed by atoms with van der Waals surface area (Å²) >= 11 is 0. The molecule has 0 heterocycles. The first kappa shape index (κ1) is 11.6. The molecule has 2 nitrogen and oxygen atoms in total. The minimum absolute atomic E-state index is 0.265. The molecule has 0 fully saturated rings.